The van der Waals surface area contributed by atoms with Crippen LogP contribution in [0.5, 0.6) is 5.75 Å². The molecule has 0 radical (unpaired) electrons. The lowest BCUT2D eigenvalue weighted by molar-refractivity contribution is 0.101. The number of hydrogen-bond acceptors (Lipinski definition) is 3. The van der Waals surface area contributed by atoms with Crippen LogP contribution in [-0.2, 0) is 6.54 Å². The smallest absolute Gasteiger partial charge is 0.173 e. The van der Waals surface area contributed by atoms with E-state index >= 15 is 0 Å². The van der Waals surface area contributed by atoms with E-state index in [1.807, 2.05) is 18.2 Å². The van der Waals surface area contributed by atoms with Gasteiger partial charge in [-0.15, -0.1) is 0 Å². The molecule has 0 spiro atoms. The highest BCUT2D eigenvalue weighted by molar-refractivity contribution is 7.80. The van der Waals surface area contributed by atoms with Crippen LogP contribution in [0.3, 0.4) is 0 Å². The summed E-state index contributed by atoms with van der Waals surface area (Å²) in [5.74, 6) is 0.843. The molecule has 2 aromatic carbocycles. The number of nitrogens with one attached hydrogen (secondary N) is 2. The van der Waals surface area contributed by atoms with E-state index in [9.17, 15) is 0 Å². The Labute approximate surface area is 201 Å². The molecular formula is C24H31Cl2N3OS. The number of anilines is 1. The van der Waals surface area contributed by atoms with Crippen molar-refractivity contribution in [2.45, 2.75) is 64.2 Å². The van der Waals surface area contributed by atoms with Crippen molar-refractivity contribution in [1.82, 2.24) is 10.2 Å². The molecule has 168 valence electrons. The molecule has 2 aromatic rings. The lowest BCUT2D eigenvalue weighted by Crippen LogP contribution is -2.63. The first-order valence-corrected chi connectivity index (χ1v) is 11.6. The Morgan fingerprint density at radius 2 is 1.68 bits per heavy atom. The largest absolute Gasteiger partial charge is 0.497 e. The zero-order valence-electron chi connectivity index (χ0n) is 18.8. The van der Waals surface area contributed by atoms with Gasteiger partial charge in [0.05, 0.1) is 17.2 Å². The number of piperidine rings is 1. The molecule has 31 heavy (non-hydrogen) atoms. The first-order valence-electron chi connectivity index (χ1n) is 10.4. The summed E-state index contributed by atoms with van der Waals surface area (Å²) in [5, 5.41) is 8.83. The van der Waals surface area contributed by atoms with Crippen LogP contribution < -0.4 is 15.4 Å². The number of hydrogen-bond donors (Lipinski definition) is 2. The van der Waals surface area contributed by atoms with Crippen molar-refractivity contribution in [3.8, 4) is 5.75 Å². The van der Waals surface area contributed by atoms with Crippen molar-refractivity contribution >= 4 is 46.2 Å². The first kappa shape index (κ1) is 24.1. The summed E-state index contributed by atoms with van der Waals surface area (Å²) >= 11 is 18.2. The summed E-state index contributed by atoms with van der Waals surface area (Å²) in [5.41, 5.74) is 2.01. The van der Waals surface area contributed by atoms with E-state index in [2.05, 4.69) is 55.4 Å². The van der Waals surface area contributed by atoms with Crippen molar-refractivity contribution in [2.24, 2.45) is 0 Å². The summed E-state index contributed by atoms with van der Waals surface area (Å²) in [6.07, 6.45) is 1.96. The summed E-state index contributed by atoms with van der Waals surface area (Å²) in [6.45, 7) is 9.71. The van der Waals surface area contributed by atoms with E-state index in [4.69, 9.17) is 40.2 Å². The molecule has 4 nitrogen and oxygen atoms in total. The summed E-state index contributed by atoms with van der Waals surface area (Å²) < 4.78 is 5.31. The molecule has 0 aliphatic carbocycles. The van der Waals surface area contributed by atoms with E-state index in [0.29, 0.717) is 21.7 Å². The van der Waals surface area contributed by atoms with Crippen molar-refractivity contribution in [3.05, 3.63) is 58.1 Å². The Kier molecular flexibility index (Phi) is 7.42. The Hall–Kier alpha value is -1.53. The molecule has 0 bridgehead atoms. The van der Waals surface area contributed by atoms with Gasteiger partial charge in [-0.1, -0.05) is 35.3 Å². The highest BCUT2D eigenvalue weighted by Crippen LogP contribution is 2.33. The molecule has 1 heterocycles. The lowest BCUT2D eigenvalue weighted by Gasteiger charge is -2.50. The van der Waals surface area contributed by atoms with Gasteiger partial charge in [-0.3, -0.25) is 0 Å². The van der Waals surface area contributed by atoms with Gasteiger partial charge in [0.15, 0.2) is 5.11 Å². The number of benzene rings is 2. The summed E-state index contributed by atoms with van der Waals surface area (Å²) in [4.78, 5) is 2.30. The van der Waals surface area contributed by atoms with Gasteiger partial charge in [-0.25, -0.2) is 0 Å². The van der Waals surface area contributed by atoms with Crippen LogP contribution in [0.1, 0.15) is 46.1 Å². The molecule has 0 amide bonds. The number of ether oxygens (including phenoxy) is 1. The number of thiocarbonyl (C=S) groups is 1. The fourth-order valence-corrected chi connectivity index (χ4v) is 5.18. The molecular weight excluding hydrogens is 449 g/mol. The fraction of sp³-hybridized carbons (Fsp3) is 0.458. The van der Waals surface area contributed by atoms with E-state index in [1.54, 1.807) is 19.2 Å². The minimum absolute atomic E-state index is 0.00374. The molecule has 1 saturated heterocycles. The lowest BCUT2D eigenvalue weighted by atomic mass is 9.79. The molecule has 1 aliphatic heterocycles. The van der Waals surface area contributed by atoms with Gasteiger partial charge in [0.25, 0.3) is 0 Å². The van der Waals surface area contributed by atoms with Crippen LogP contribution in [0.15, 0.2) is 42.5 Å². The van der Waals surface area contributed by atoms with Crippen molar-refractivity contribution < 1.29 is 4.74 Å². The highest BCUT2D eigenvalue weighted by atomic mass is 35.5. The van der Waals surface area contributed by atoms with Gasteiger partial charge in [-0.2, -0.15) is 0 Å². The van der Waals surface area contributed by atoms with Crippen molar-refractivity contribution in [3.63, 3.8) is 0 Å². The molecule has 3 rings (SSSR count). The maximum Gasteiger partial charge on any atom is 0.173 e. The monoisotopic (exact) mass is 479 g/mol. The predicted molar refractivity (Wildman–Crippen MR) is 136 cm³/mol. The van der Waals surface area contributed by atoms with Gasteiger partial charge in [-0.05, 0) is 88.6 Å². The third kappa shape index (κ3) is 6.48. The Morgan fingerprint density at radius 3 is 2.23 bits per heavy atom. The second kappa shape index (κ2) is 9.53. The third-order valence-corrected chi connectivity index (χ3v) is 6.63. The van der Waals surface area contributed by atoms with Crippen LogP contribution in [0.4, 0.5) is 5.69 Å². The molecule has 0 saturated carbocycles. The molecule has 0 atom stereocenters. The van der Waals surface area contributed by atoms with Gasteiger partial charge in [0.1, 0.15) is 5.75 Å². The summed E-state index contributed by atoms with van der Waals surface area (Å²) in [7, 11) is 1.68. The topological polar surface area (TPSA) is 36.5 Å². The fourth-order valence-electron chi connectivity index (χ4n) is 4.55. The van der Waals surface area contributed by atoms with E-state index in [0.717, 1.165) is 24.3 Å². The van der Waals surface area contributed by atoms with Gasteiger partial charge in [0.2, 0.25) is 0 Å². The van der Waals surface area contributed by atoms with Crippen LogP contribution in [-0.4, -0.2) is 34.2 Å². The van der Waals surface area contributed by atoms with E-state index in [-0.39, 0.29) is 17.1 Å². The first-order chi connectivity index (χ1) is 14.5. The van der Waals surface area contributed by atoms with Gasteiger partial charge in [0, 0.05) is 29.4 Å². The average molecular weight is 481 g/mol. The van der Waals surface area contributed by atoms with Crippen LogP contribution in [0.25, 0.3) is 0 Å². The molecule has 1 fully saturated rings. The SMILES string of the molecule is COc1ccc(CN(C(=S)Nc2ccc(Cl)c(Cl)c2)C2CC(C)(C)NC(C)(C)C2)cc1. The van der Waals surface area contributed by atoms with Crippen LogP contribution in [0.2, 0.25) is 10.0 Å². The van der Waals surface area contributed by atoms with Crippen molar-refractivity contribution in [2.75, 3.05) is 12.4 Å². The molecule has 1 aliphatic rings. The second-order valence-corrected chi connectivity index (χ2v) is 10.7. The Bertz CT molecular complexity index is 915. The standard InChI is InChI=1S/C24H31Cl2N3OS/c1-23(2)13-18(14-24(3,4)28-23)29(15-16-6-9-19(30-5)10-7-16)22(31)27-17-8-11-20(25)21(26)12-17/h6-12,18,28H,13-15H2,1-5H3,(H,27,31). The van der Waals surface area contributed by atoms with Crippen LogP contribution >= 0.6 is 35.4 Å². The molecule has 2 N–H and O–H groups in total. The summed E-state index contributed by atoms with van der Waals surface area (Å²) in [6, 6.07) is 13.9. The molecule has 0 unspecified atom stereocenters. The Balaban J connectivity index is 1.88. The van der Waals surface area contributed by atoms with E-state index < -0.39 is 0 Å². The number of rotatable bonds is 5. The zero-order chi connectivity index (χ0) is 22.8. The van der Waals surface area contributed by atoms with Gasteiger partial charge < -0.3 is 20.3 Å². The predicted octanol–water partition coefficient (Wildman–Crippen LogP) is 6.51. The maximum absolute atomic E-state index is 6.21. The van der Waals surface area contributed by atoms with Gasteiger partial charge >= 0.3 is 0 Å². The highest BCUT2D eigenvalue weighted by Gasteiger charge is 2.40. The minimum atomic E-state index is 0.00374. The molecule has 7 heteroatoms. The normalized spacial score (nSPS) is 17.8. The second-order valence-electron chi connectivity index (χ2n) is 9.49. The number of halogens is 2. The zero-order valence-corrected chi connectivity index (χ0v) is 21.1. The average Bonchev–Trinajstić information content (AvgIpc) is 2.67. The van der Waals surface area contributed by atoms with Crippen molar-refractivity contribution in [1.29, 1.82) is 0 Å². The van der Waals surface area contributed by atoms with E-state index in [1.165, 1.54) is 5.56 Å². The number of nitrogens with zero attached hydrogens (tertiary/aromatic N) is 1. The van der Waals surface area contributed by atoms with Crippen LogP contribution in [0, 0.1) is 0 Å². The number of methoxy groups -OCH3 is 1. The third-order valence-electron chi connectivity index (χ3n) is 5.55. The quantitative estimate of drug-likeness (QED) is 0.477. The minimum Gasteiger partial charge on any atom is -0.497 e. The Morgan fingerprint density at radius 1 is 1.06 bits per heavy atom. The molecule has 0 aromatic heterocycles. The maximum atomic E-state index is 6.21.